The van der Waals surface area contributed by atoms with Gasteiger partial charge in [0.15, 0.2) is 0 Å². The molecule has 0 radical (unpaired) electrons. The van der Waals surface area contributed by atoms with Gasteiger partial charge < -0.3 is 10.1 Å². The fourth-order valence-corrected chi connectivity index (χ4v) is 5.52. The number of rotatable bonds is 5. The summed E-state index contributed by atoms with van der Waals surface area (Å²) in [6, 6.07) is 26.4. The average molecular weight is 411 g/mol. The number of nitrogens with one attached hydrogen (secondary N) is 1. The van der Waals surface area contributed by atoms with Crippen molar-refractivity contribution in [3.05, 3.63) is 95.6 Å². The van der Waals surface area contributed by atoms with Gasteiger partial charge in [0.1, 0.15) is 11.5 Å². The van der Waals surface area contributed by atoms with Gasteiger partial charge in [0.05, 0.1) is 5.92 Å². The topological polar surface area (TPSA) is 41.6 Å². The zero-order valence-electron chi connectivity index (χ0n) is 17.4. The highest BCUT2D eigenvalue weighted by Gasteiger charge is 2.55. The lowest BCUT2D eigenvalue weighted by molar-refractivity contribution is -0.121. The SMILES string of the molecule is O=C(NCC1C2CN(Cc3ccccc3)CC12)C1c2ccccc2Oc2ccccc21. The molecule has 31 heavy (non-hydrogen) atoms. The van der Waals surface area contributed by atoms with E-state index in [1.807, 2.05) is 48.5 Å². The summed E-state index contributed by atoms with van der Waals surface area (Å²) in [6.45, 7) is 4.09. The molecule has 1 N–H and O–H groups in total. The van der Waals surface area contributed by atoms with Crippen LogP contribution in [0.3, 0.4) is 0 Å². The second-order valence-corrected chi connectivity index (χ2v) is 9.03. The second-order valence-electron chi connectivity index (χ2n) is 9.03. The van der Waals surface area contributed by atoms with Gasteiger partial charge in [0, 0.05) is 37.3 Å². The number of likely N-dealkylation sites (tertiary alicyclic amines) is 1. The van der Waals surface area contributed by atoms with E-state index >= 15 is 0 Å². The highest BCUT2D eigenvalue weighted by molar-refractivity contribution is 5.89. The molecule has 2 fully saturated rings. The number of piperidine rings is 1. The lowest BCUT2D eigenvalue weighted by Crippen LogP contribution is -2.34. The number of carbonyl (C=O) groups excluding carboxylic acids is 1. The maximum absolute atomic E-state index is 13.3. The third-order valence-corrected chi connectivity index (χ3v) is 7.15. The summed E-state index contributed by atoms with van der Waals surface area (Å²) in [5.41, 5.74) is 3.28. The first-order valence-electron chi connectivity index (χ1n) is 11.2. The molecule has 2 aliphatic heterocycles. The Kier molecular flexibility index (Phi) is 4.53. The average Bonchev–Trinajstić information content (AvgIpc) is 3.26. The number of hydrogen-bond acceptors (Lipinski definition) is 3. The lowest BCUT2D eigenvalue weighted by Gasteiger charge is -2.27. The van der Waals surface area contributed by atoms with E-state index in [-0.39, 0.29) is 11.8 Å². The molecule has 2 atom stereocenters. The summed E-state index contributed by atoms with van der Waals surface area (Å²) >= 11 is 0. The summed E-state index contributed by atoms with van der Waals surface area (Å²) < 4.78 is 6.03. The quantitative estimate of drug-likeness (QED) is 0.677. The van der Waals surface area contributed by atoms with Gasteiger partial charge in [0.25, 0.3) is 0 Å². The van der Waals surface area contributed by atoms with Crippen LogP contribution >= 0.6 is 0 Å². The van der Waals surface area contributed by atoms with E-state index in [0.29, 0.717) is 5.92 Å². The molecule has 156 valence electrons. The third-order valence-electron chi connectivity index (χ3n) is 7.15. The van der Waals surface area contributed by atoms with Crippen LogP contribution in [0.15, 0.2) is 78.9 Å². The summed E-state index contributed by atoms with van der Waals surface area (Å²) in [5.74, 6) is 3.38. The van der Waals surface area contributed by atoms with Gasteiger partial charge in [-0.1, -0.05) is 66.7 Å². The number of carbonyl (C=O) groups is 1. The number of benzene rings is 3. The number of fused-ring (bicyclic) bond motifs is 3. The molecule has 1 saturated carbocycles. The largest absolute Gasteiger partial charge is 0.457 e. The zero-order valence-corrected chi connectivity index (χ0v) is 17.4. The fraction of sp³-hybridized carbons (Fsp3) is 0.296. The molecule has 3 aromatic carbocycles. The van der Waals surface area contributed by atoms with Gasteiger partial charge in [-0.2, -0.15) is 0 Å². The van der Waals surface area contributed by atoms with E-state index in [0.717, 1.165) is 60.6 Å². The molecule has 0 aromatic heterocycles. The van der Waals surface area contributed by atoms with Crippen molar-refractivity contribution in [3.8, 4) is 11.5 Å². The minimum Gasteiger partial charge on any atom is -0.457 e. The number of nitrogens with zero attached hydrogens (tertiary/aromatic N) is 1. The third kappa shape index (κ3) is 3.41. The van der Waals surface area contributed by atoms with Gasteiger partial charge in [-0.3, -0.25) is 9.69 Å². The Bertz CT molecular complexity index is 1060. The van der Waals surface area contributed by atoms with Crippen molar-refractivity contribution in [3.63, 3.8) is 0 Å². The summed E-state index contributed by atoms with van der Waals surface area (Å²) in [5, 5.41) is 3.28. The predicted octanol–water partition coefficient (Wildman–Crippen LogP) is 4.42. The van der Waals surface area contributed by atoms with Crippen LogP contribution < -0.4 is 10.1 Å². The van der Waals surface area contributed by atoms with Crippen molar-refractivity contribution >= 4 is 5.91 Å². The van der Waals surface area contributed by atoms with Crippen molar-refractivity contribution in [1.82, 2.24) is 10.2 Å². The molecule has 6 rings (SSSR count). The normalized spacial score (nSPS) is 23.9. The molecule has 0 bridgehead atoms. The van der Waals surface area contributed by atoms with Crippen molar-refractivity contribution in [2.75, 3.05) is 19.6 Å². The first-order chi connectivity index (χ1) is 15.3. The Hall–Kier alpha value is -3.11. The number of ether oxygens (including phenoxy) is 1. The van der Waals surface area contributed by atoms with Crippen LogP contribution in [0.4, 0.5) is 0 Å². The van der Waals surface area contributed by atoms with Gasteiger partial charge in [0.2, 0.25) is 5.91 Å². The van der Waals surface area contributed by atoms with Crippen molar-refractivity contribution in [2.45, 2.75) is 12.5 Å². The number of hydrogen-bond donors (Lipinski definition) is 1. The molecule has 3 aliphatic rings. The zero-order chi connectivity index (χ0) is 20.8. The predicted molar refractivity (Wildman–Crippen MR) is 120 cm³/mol. The molecular weight excluding hydrogens is 384 g/mol. The summed E-state index contributed by atoms with van der Waals surface area (Å²) in [6.07, 6.45) is 0. The standard InChI is InChI=1S/C27H26N2O2/c30-27(26-19-10-4-6-12-24(19)31-25-13-7-5-11-20(25)26)28-14-21-22-16-29(17-23(21)22)15-18-8-2-1-3-9-18/h1-13,21-23,26H,14-17H2,(H,28,30). The molecule has 3 aromatic rings. The van der Waals surface area contributed by atoms with E-state index in [1.54, 1.807) is 0 Å². The Morgan fingerprint density at radius 3 is 2.06 bits per heavy atom. The Labute approximate surface area is 182 Å². The van der Waals surface area contributed by atoms with Crippen LogP contribution in [0.25, 0.3) is 0 Å². The molecule has 4 heteroatoms. The number of para-hydroxylation sites is 2. The monoisotopic (exact) mass is 410 g/mol. The van der Waals surface area contributed by atoms with Crippen molar-refractivity contribution in [2.24, 2.45) is 17.8 Å². The van der Waals surface area contributed by atoms with Gasteiger partial charge in [-0.25, -0.2) is 0 Å². The number of amides is 1. The summed E-state index contributed by atoms with van der Waals surface area (Å²) in [4.78, 5) is 15.9. The maximum Gasteiger partial charge on any atom is 0.232 e. The molecule has 0 spiro atoms. The van der Waals surface area contributed by atoms with Crippen molar-refractivity contribution in [1.29, 1.82) is 0 Å². The molecule has 1 aliphatic carbocycles. The highest BCUT2D eigenvalue weighted by atomic mass is 16.5. The maximum atomic E-state index is 13.3. The van der Waals surface area contributed by atoms with Crippen LogP contribution in [0.1, 0.15) is 22.6 Å². The highest BCUT2D eigenvalue weighted by Crippen LogP contribution is 2.51. The van der Waals surface area contributed by atoms with Crippen LogP contribution in [0.5, 0.6) is 11.5 Å². The fourth-order valence-electron chi connectivity index (χ4n) is 5.52. The van der Waals surface area contributed by atoms with Crippen molar-refractivity contribution < 1.29 is 9.53 Å². The molecule has 2 heterocycles. The van der Waals surface area contributed by atoms with Crippen LogP contribution in [-0.2, 0) is 11.3 Å². The minimum absolute atomic E-state index is 0.0781. The molecule has 1 saturated heterocycles. The lowest BCUT2D eigenvalue weighted by atomic mass is 9.87. The summed E-state index contributed by atoms with van der Waals surface area (Å²) in [7, 11) is 0. The minimum atomic E-state index is -0.311. The van der Waals surface area contributed by atoms with Crippen LogP contribution in [0.2, 0.25) is 0 Å². The Balaban J connectivity index is 1.09. The molecule has 4 nitrogen and oxygen atoms in total. The molecular formula is C27H26N2O2. The van der Waals surface area contributed by atoms with Crippen LogP contribution in [0, 0.1) is 17.8 Å². The second kappa shape index (κ2) is 7.54. The van der Waals surface area contributed by atoms with E-state index in [1.165, 1.54) is 5.56 Å². The van der Waals surface area contributed by atoms with Crippen LogP contribution in [-0.4, -0.2) is 30.4 Å². The van der Waals surface area contributed by atoms with Gasteiger partial charge in [-0.15, -0.1) is 0 Å². The van der Waals surface area contributed by atoms with E-state index in [9.17, 15) is 4.79 Å². The van der Waals surface area contributed by atoms with E-state index in [2.05, 4.69) is 40.5 Å². The Morgan fingerprint density at radius 1 is 0.839 bits per heavy atom. The first-order valence-corrected chi connectivity index (χ1v) is 11.2. The molecule has 2 unspecified atom stereocenters. The van der Waals surface area contributed by atoms with E-state index < -0.39 is 0 Å². The Morgan fingerprint density at radius 2 is 1.42 bits per heavy atom. The van der Waals surface area contributed by atoms with Gasteiger partial charge in [-0.05, 0) is 35.4 Å². The smallest absolute Gasteiger partial charge is 0.232 e. The molecule has 1 amide bonds. The van der Waals surface area contributed by atoms with E-state index in [4.69, 9.17) is 4.74 Å². The van der Waals surface area contributed by atoms with Gasteiger partial charge >= 0.3 is 0 Å². The first kappa shape index (κ1) is 18.6.